The number of nitrogens with zero attached hydrogens (tertiary/aromatic N) is 1. The lowest BCUT2D eigenvalue weighted by Crippen LogP contribution is -2.32. The Labute approximate surface area is 190 Å². The molecule has 0 unspecified atom stereocenters. The lowest BCUT2D eigenvalue weighted by atomic mass is 10.1. The highest BCUT2D eigenvalue weighted by atomic mass is 16.7. The van der Waals surface area contributed by atoms with Crippen LogP contribution in [0, 0.1) is 6.92 Å². The second kappa shape index (κ2) is 9.69. The molecule has 0 saturated carbocycles. The van der Waals surface area contributed by atoms with E-state index in [0.29, 0.717) is 33.8 Å². The van der Waals surface area contributed by atoms with E-state index < -0.39 is 11.8 Å². The third-order valence-corrected chi connectivity index (χ3v) is 4.88. The summed E-state index contributed by atoms with van der Waals surface area (Å²) in [5.41, 5.74) is 4.52. The van der Waals surface area contributed by atoms with Gasteiger partial charge in [-0.2, -0.15) is 5.10 Å². The molecule has 0 spiro atoms. The molecule has 0 aliphatic carbocycles. The Morgan fingerprint density at radius 2 is 1.79 bits per heavy atom. The Bertz CT molecular complexity index is 1250. The molecule has 3 aromatic carbocycles. The van der Waals surface area contributed by atoms with Crippen LogP contribution in [0.1, 0.15) is 27.0 Å². The van der Waals surface area contributed by atoms with Crippen molar-refractivity contribution in [2.45, 2.75) is 6.92 Å². The normalized spacial score (nSPS) is 12.6. The van der Waals surface area contributed by atoms with Crippen LogP contribution in [0.15, 0.2) is 77.5 Å². The minimum absolute atomic E-state index is 0.0201. The molecule has 0 fully saturated rings. The maximum absolute atomic E-state index is 12.9. The van der Waals surface area contributed by atoms with Gasteiger partial charge in [0, 0.05) is 11.1 Å². The predicted octanol–water partition coefficient (Wildman–Crippen LogP) is 3.35. The van der Waals surface area contributed by atoms with Crippen LogP contribution in [0.2, 0.25) is 0 Å². The van der Waals surface area contributed by atoms with Gasteiger partial charge in [0.2, 0.25) is 6.79 Å². The molecule has 4 rings (SSSR count). The quantitative estimate of drug-likeness (QED) is 0.308. The molecule has 8 heteroatoms. The van der Waals surface area contributed by atoms with Gasteiger partial charge < -0.3 is 19.9 Å². The number of hydrogen-bond donors (Lipinski definition) is 3. The Morgan fingerprint density at radius 3 is 2.61 bits per heavy atom. The van der Waals surface area contributed by atoms with Crippen molar-refractivity contribution in [3.63, 3.8) is 0 Å². The molecule has 0 atom stereocenters. The summed E-state index contributed by atoms with van der Waals surface area (Å²) in [6.45, 7) is 1.89. The highest BCUT2D eigenvalue weighted by Gasteiger charge is 2.17. The summed E-state index contributed by atoms with van der Waals surface area (Å²) in [5.74, 6) is 0.141. The van der Waals surface area contributed by atoms with Crippen LogP contribution >= 0.6 is 0 Å². The van der Waals surface area contributed by atoms with Gasteiger partial charge in [-0.3, -0.25) is 9.59 Å². The van der Waals surface area contributed by atoms with Crippen molar-refractivity contribution in [1.82, 2.24) is 10.7 Å². The second-order valence-corrected chi connectivity index (χ2v) is 7.20. The number of hydrazone groups is 1. The number of aryl methyl sites for hydroxylation is 1. The van der Waals surface area contributed by atoms with Crippen LogP contribution in [-0.4, -0.2) is 29.9 Å². The van der Waals surface area contributed by atoms with Crippen molar-refractivity contribution >= 4 is 24.1 Å². The number of phenols is 1. The first kappa shape index (κ1) is 21.6. The van der Waals surface area contributed by atoms with Crippen LogP contribution in [-0.2, 0) is 4.79 Å². The fraction of sp³-hybridized carbons (Fsp3) is 0.0800. The highest BCUT2D eigenvalue weighted by Crippen LogP contribution is 2.33. The van der Waals surface area contributed by atoms with Gasteiger partial charge in [-0.15, -0.1) is 0 Å². The summed E-state index contributed by atoms with van der Waals surface area (Å²) in [7, 11) is 0. The fourth-order valence-electron chi connectivity index (χ4n) is 3.12. The van der Waals surface area contributed by atoms with E-state index >= 15 is 0 Å². The number of fused-ring (bicyclic) bond motifs is 1. The minimum Gasteiger partial charge on any atom is -0.507 e. The van der Waals surface area contributed by atoms with Crippen molar-refractivity contribution in [2.75, 3.05) is 6.79 Å². The van der Waals surface area contributed by atoms with Gasteiger partial charge in [-0.1, -0.05) is 36.4 Å². The molecule has 166 valence electrons. The summed E-state index contributed by atoms with van der Waals surface area (Å²) >= 11 is 0. The smallest absolute Gasteiger partial charge is 0.287 e. The Balaban J connectivity index is 1.57. The molecule has 3 aromatic rings. The van der Waals surface area contributed by atoms with Gasteiger partial charge in [0.15, 0.2) is 11.5 Å². The van der Waals surface area contributed by atoms with Gasteiger partial charge in [0.25, 0.3) is 11.8 Å². The van der Waals surface area contributed by atoms with E-state index in [9.17, 15) is 14.7 Å². The molecule has 1 aliphatic heterocycles. The maximum Gasteiger partial charge on any atom is 0.287 e. The molecule has 2 amide bonds. The van der Waals surface area contributed by atoms with Gasteiger partial charge in [0.05, 0.1) is 6.21 Å². The van der Waals surface area contributed by atoms with Crippen LogP contribution in [0.4, 0.5) is 0 Å². The minimum atomic E-state index is -0.639. The maximum atomic E-state index is 12.9. The number of phenolic OH excluding ortho intramolecular Hbond substituents is 1. The third kappa shape index (κ3) is 5.19. The van der Waals surface area contributed by atoms with Crippen LogP contribution in [0.5, 0.6) is 17.2 Å². The molecule has 0 bridgehead atoms. The first-order chi connectivity index (χ1) is 16.0. The number of ether oxygens (including phenoxy) is 2. The molecule has 0 aromatic heterocycles. The van der Waals surface area contributed by atoms with Crippen LogP contribution in [0.25, 0.3) is 6.08 Å². The zero-order chi connectivity index (χ0) is 23.2. The van der Waals surface area contributed by atoms with E-state index in [1.165, 1.54) is 12.3 Å². The van der Waals surface area contributed by atoms with Crippen molar-refractivity contribution in [3.05, 3.63) is 94.7 Å². The molecular weight excluding hydrogens is 422 g/mol. The third-order valence-electron chi connectivity index (χ3n) is 4.88. The zero-order valence-electron chi connectivity index (χ0n) is 17.7. The van der Waals surface area contributed by atoms with E-state index in [1.807, 2.05) is 0 Å². The molecule has 8 nitrogen and oxygen atoms in total. The van der Waals surface area contributed by atoms with Crippen molar-refractivity contribution in [3.8, 4) is 17.2 Å². The predicted molar refractivity (Wildman–Crippen MR) is 123 cm³/mol. The monoisotopic (exact) mass is 443 g/mol. The van der Waals surface area contributed by atoms with E-state index in [2.05, 4.69) is 15.8 Å². The topological polar surface area (TPSA) is 109 Å². The zero-order valence-corrected chi connectivity index (χ0v) is 17.7. The van der Waals surface area contributed by atoms with Crippen LogP contribution in [0.3, 0.4) is 0 Å². The van der Waals surface area contributed by atoms with Crippen LogP contribution < -0.4 is 20.2 Å². The number of benzene rings is 3. The number of rotatable bonds is 6. The highest BCUT2D eigenvalue weighted by molar-refractivity contribution is 6.05. The van der Waals surface area contributed by atoms with Crippen molar-refractivity contribution in [1.29, 1.82) is 0 Å². The largest absolute Gasteiger partial charge is 0.507 e. The number of carbonyl (C=O) groups excluding carboxylic acids is 2. The second-order valence-electron chi connectivity index (χ2n) is 7.20. The molecule has 0 radical (unpaired) electrons. The first-order valence-corrected chi connectivity index (χ1v) is 10.1. The number of para-hydroxylation sites is 1. The van der Waals surface area contributed by atoms with E-state index in [-0.39, 0.29) is 18.2 Å². The number of hydrogen-bond acceptors (Lipinski definition) is 6. The fourth-order valence-corrected chi connectivity index (χ4v) is 3.12. The number of aromatic hydroxyl groups is 1. The summed E-state index contributed by atoms with van der Waals surface area (Å²) in [5, 5.41) is 16.7. The van der Waals surface area contributed by atoms with Gasteiger partial charge in [0.1, 0.15) is 11.4 Å². The first-order valence-electron chi connectivity index (χ1n) is 10.1. The lowest BCUT2D eigenvalue weighted by molar-refractivity contribution is -0.117. The van der Waals surface area contributed by atoms with Crippen molar-refractivity contribution < 1.29 is 24.2 Å². The SMILES string of the molecule is Cc1cccc(/C=N/NC(=O)/C(=C\c2ccc3c(c2)OCO3)NC(=O)c2ccccc2)c1O. The Morgan fingerprint density at radius 1 is 1.00 bits per heavy atom. The summed E-state index contributed by atoms with van der Waals surface area (Å²) < 4.78 is 10.7. The molecule has 3 N–H and O–H groups in total. The molecule has 0 saturated heterocycles. The van der Waals surface area contributed by atoms with Crippen molar-refractivity contribution in [2.24, 2.45) is 5.10 Å². The molecule has 1 heterocycles. The van der Waals surface area contributed by atoms with Gasteiger partial charge >= 0.3 is 0 Å². The summed E-state index contributed by atoms with van der Waals surface area (Å²) in [6, 6.07) is 18.9. The average Bonchev–Trinajstić information content (AvgIpc) is 3.30. The number of nitrogens with one attached hydrogen (secondary N) is 2. The van der Waals surface area contributed by atoms with E-state index in [1.54, 1.807) is 73.7 Å². The lowest BCUT2D eigenvalue weighted by Gasteiger charge is -2.09. The summed E-state index contributed by atoms with van der Waals surface area (Å²) in [6.07, 6.45) is 2.84. The van der Waals surface area contributed by atoms with Gasteiger partial charge in [-0.05, 0) is 54.5 Å². The molecule has 33 heavy (non-hydrogen) atoms. The Kier molecular flexibility index (Phi) is 6.36. The number of carbonyl (C=O) groups is 2. The average molecular weight is 443 g/mol. The molecule has 1 aliphatic rings. The van der Waals surface area contributed by atoms with Gasteiger partial charge in [-0.25, -0.2) is 5.43 Å². The standard InChI is InChI=1S/C25H21N3O5/c1-16-6-5-9-19(23(16)29)14-26-28-25(31)20(27-24(30)18-7-3-2-4-8-18)12-17-10-11-21-22(13-17)33-15-32-21/h2-14,29H,15H2,1H3,(H,27,30)(H,28,31)/b20-12+,26-14+. The number of amides is 2. The molecular formula is C25H21N3O5. The summed E-state index contributed by atoms with van der Waals surface area (Å²) in [4.78, 5) is 25.5. The van der Waals surface area contributed by atoms with E-state index in [0.717, 1.165) is 0 Å². The van der Waals surface area contributed by atoms with E-state index in [4.69, 9.17) is 9.47 Å². The Hall–Kier alpha value is -4.59.